The van der Waals surface area contributed by atoms with Gasteiger partial charge in [-0.1, -0.05) is 6.07 Å². The molecule has 0 amide bonds. The van der Waals surface area contributed by atoms with Gasteiger partial charge >= 0.3 is 0 Å². The Morgan fingerprint density at radius 1 is 1.40 bits per heavy atom. The van der Waals surface area contributed by atoms with Crippen LogP contribution in [-0.2, 0) is 11.3 Å². The van der Waals surface area contributed by atoms with Gasteiger partial charge in [-0.05, 0) is 26.2 Å². The summed E-state index contributed by atoms with van der Waals surface area (Å²) in [5.41, 5.74) is 2.14. The van der Waals surface area contributed by atoms with E-state index in [1.807, 2.05) is 24.4 Å². The van der Waals surface area contributed by atoms with E-state index in [9.17, 15) is 0 Å². The van der Waals surface area contributed by atoms with E-state index in [0.717, 1.165) is 44.1 Å². The Kier molecular flexibility index (Phi) is 4.00. The van der Waals surface area contributed by atoms with Crippen LogP contribution in [0.1, 0.15) is 5.69 Å². The molecule has 0 spiro atoms. The minimum absolute atomic E-state index is 0.302. The fourth-order valence-corrected chi connectivity index (χ4v) is 2.73. The molecule has 0 aliphatic carbocycles. The predicted octanol–water partition coefficient (Wildman–Crippen LogP) is 1.10. The van der Waals surface area contributed by atoms with Crippen molar-refractivity contribution < 1.29 is 4.74 Å². The van der Waals surface area contributed by atoms with Crippen LogP contribution in [0, 0.1) is 0 Å². The standard InChI is InChI=1S/C15H22N4O/c1-17(2)11-14-12-18(7-8-20-14)9-13-10-19-6-4-3-5-15(19)16-13/h3-6,10,14H,7-9,11-12H2,1-2H3. The molecule has 5 heteroatoms. The zero-order valence-electron chi connectivity index (χ0n) is 12.2. The van der Waals surface area contributed by atoms with Crippen molar-refractivity contribution >= 4 is 5.65 Å². The zero-order valence-corrected chi connectivity index (χ0v) is 12.2. The number of morpholine rings is 1. The quantitative estimate of drug-likeness (QED) is 0.836. The van der Waals surface area contributed by atoms with Crippen LogP contribution < -0.4 is 0 Å². The maximum absolute atomic E-state index is 5.81. The van der Waals surface area contributed by atoms with Gasteiger partial charge in [0.1, 0.15) is 5.65 Å². The van der Waals surface area contributed by atoms with E-state index in [2.05, 4.69) is 39.5 Å². The fraction of sp³-hybridized carbons (Fsp3) is 0.533. The number of imidazole rings is 1. The molecule has 2 aromatic rings. The summed E-state index contributed by atoms with van der Waals surface area (Å²) in [4.78, 5) is 9.27. The Labute approximate surface area is 119 Å². The highest BCUT2D eigenvalue weighted by Gasteiger charge is 2.21. The Hall–Kier alpha value is -1.43. The first-order valence-electron chi connectivity index (χ1n) is 7.12. The molecule has 0 bridgehead atoms. The van der Waals surface area contributed by atoms with Gasteiger partial charge in [0.2, 0.25) is 0 Å². The highest BCUT2D eigenvalue weighted by atomic mass is 16.5. The number of ether oxygens (including phenoxy) is 1. The van der Waals surface area contributed by atoms with Crippen LogP contribution in [-0.4, -0.2) is 65.6 Å². The van der Waals surface area contributed by atoms with Gasteiger partial charge < -0.3 is 14.0 Å². The van der Waals surface area contributed by atoms with Crippen molar-refractivity contribution in [3.8, 4) is 0 Å². The lowest BCUT2D eigenvalue weighted by molar-refractivity contribution is -0.0409. The number of rotatable bonds is 4. The minimum Gasteiger partial charge on any atom is -0.374 e. The SMILES string of the molecule is CN(C)CC1CN(Cc2cn3ccccc3n2)CCO1. The van der Waals surface area contributed by atoms with E-state index in [-0.39, 0.29) is 0 Å². The fourth-order valence-electron chi connectivity index (χ4n) is 2.73. The van der Waals surface area contributed by atoms with Gasteiger partial charge in [0, 0.05) is 38.6 Å². The zero-order chi connectivity index (χ0) is 13.9. The summed E-state index contributed by atoms with van der Waals surface area (Å²) in [5.74, 6) is 0. The molecule has 2 aromatic heterocycles. The van der Waals surface area contributed by atoms with E-state index in [1.165, 1.54) is 0 Å². The lowest BCUT2D eigenvalue weighted by Gasteiger charge is -2.33. The first-order valence-corrected chi connectivity index (χ1v) is 7.12. The second-order valence-corrected chi connectivity index (χ2v) is 5.69. The number of pyridine rings is 1. The van der Waals surface area contributed by atoms with Gasteiger partial charge in [-0.15, -0.1) is 0 Å². The van der Waals surface area contributed by atoms with Gasteiger partial charge in [-0.3, -0.25) is 4.90 Å². The molecule has 1 fully saturated rings. The van der Waals surface area contributed by atoms with Gasteiger partial charge in [-0.2, -0.15) is 0 Å². The molecule has 1 aliphatic heterocycles. The summed E-state index contributed by atoms with van der Waals surface area (Å²) in [6, 6.07) is 6.09. The van der Waals surface area contributed by atoms with Crippen LogP contribution in [0.2, 0.25) is 0 Å². The molecule has 1 unspecified atom stereocenters. The van der Waals surface area contributed by atoms with Gasteiger partial charge in [0.15, 0.2) is 0 Å². The molecular weight excluding hydrogens is 252 g/mol. The van der Waals surface area contributed by atoms with Gasteiger partial charge in [0.25, 0.3) is 0 Å². The lowest BCUT2D eigenvalue weighted by Crippen LogP contribution is -2.46. The number of hydrogen-bond acceptors (Lipinski definition) is 4. The molecular formula is C15H22N4O. The summed E-state index contributed by atoms with van der Waals surface area (Å²) in [7, 11) is 4.18. The van der Waals surface area contributed by atoms with E-state index in [1.54, 1.807) is 0 Å². The second-order valence-electron chi connectivity index (χ2n) is 5.69. The molecule has 0 saturated carbocycles. The molecule has 1 aliphatic rings. The Morgan fingerprint density at radius 2 is 2.30 bits per heavy atom. The summed E-state index contributed by atoms with van der Waals surface area (Å²) < 4.78 is 7.88. The first-order chi connectivity index (χ1) is 9.70. The van der Waals surface area contributed by atoms with Crippen molar-refractivity contribution in [3.63, 3.8) is 0 Å². The molecule has 3 rings (SSSR count). The lowest BCUT2D eigenvalue weighted by atomic mass is 10.2. The number of fused-ring (bicyclic) bond motifs is 1. The summed E-state index contributed by atoms with van der Waals surface area (Å²) in [5, 5.41) is 0. The van der Waals surface area contributed by atoms with Crippen molar-refractivity contribution in [3.05, 3.63) is 36.3 Å². The predicted molar refractivity (Wildman–Crippen MR) is 78.8 cm³/mol. The van der Waals surface area contributed by atoms with Crippen molar-refractivity contribution in [2.45, 2.75) is 12.6 Å². The number of likely N-dealkylation sites (N-methyl/N-ethyl adjacent to an activating group) is 1. The van der Waals surface area contributed by atoms with Gasteiger partial charge in [-0.25, -0.2) is 4.98 Å². The topological polar surface area (TPSA) is 33.0 Å². The molecule has 0 radical (unpaired) electrons. The van der Waals surface area contributed by atoms with Crippen LogP contribution in [0.5, 0.6) is 0 Å². The Bertz CT molecular complexity index is 533. The van der Waals surface area contributed by atoms with Crippen LogP contribution >= 0.6 is 0 Å². The highest BCUT2D eigenvalue weighted by molar-refractivity contribution is 5.39. The normalized spacial score (nSPS) is 20.9. The van der Waals surface area contributed by atoms with Crippen molar-refractivity contribution in [1.82, 2.24) is 19.2 Å². The van der Waals surface area contributed by atoms with Crippen LogP contribution in [0.3, 0.4) is 0 Å². The number of hydrogen-bond donors (Lipinski definition) is 0. The van der Waals surface area contributed by atoms with Crippen molar-refractivity contribution in [1.29, 1.82) is 0 Å². The average molecular weight is 274 g/mol. The highest BCUT2D eigenvalue weighted by Crippen LogP contribution is 2.11. The van der Waals surface area contributed by atoms with E-state index < -0.39 is 0 Å². The van der Waals surface area contributed by atoms with E-state index in [0.29, 0.717) is 6.10 Å². The van der Waals surface area contributed by atoms with Crippen LogP contribution in [0.15, 0.2) is 30.6 Å². The third kappa shape index (κ3) is 3.17. The van der Waals surface area contributed by atoms with Crippen molar-refractivity contribution in [2.24, 2.45) is 0 Å². The molecule has 5 nitrogen and oxygen atoms in total. The average Bonchev–Trinajstić information content (AvgIpc) is 2.80. The third-order valence-electron chi connectivity index (χ3n) is 3.59. The molecule has 20 heavy (non-hydrogen) atoms. The van der Waals surface area contributed by atoms with Gasteiger partial charge in [0.05, 0.1) is 18.4 Å². The Morgan fingerprint density at radius 3 is 3.10 bits per heavy atom. The maximum Gasteiger partial charge on any atom is 0.137 e. The maximum atomic E-state index is 5.81. The molecule has 108 valence electrons. The molecule has 0 aromatic carbocycles. The summed E-state index contributed by atoms with van der Waals surface area (Å²) in [6.07, 6.45) is 4.46. The molecule has 0 N–H and O–H groups in total. The number of nitrogens with zero attached hydrogens (tertiary/aromatic N) is 4. The number of aromatic nitrogens is 2. The molecule has 3 heterocycles. The first kappa shape index (κ1) is 13.5. The van der Waals surface area contributed by atoms with Crippen molar-refractivity contribution in [2.75, 3.05) is 40.3 Å². The smallest absolute Gasteiger partial charge is 0.137 e. The van der Waals surface area contributed by atoms with Crippen LogP contribution in [0.25, 0.3) is 5.65 Å². The summed E-state index contributed by atoms with van der Waals surface area (Å²) in [6.45, 7) is 4.65. The largest absolute Gasteiger partial charge is 0.374 e. The molecule has 1 saturated heterocycles. The third-order valence-corrected chi connectivity index (χ3v) is 3.59. The second kappa shape index (κ2) is 5.91. The van der Waals surface area contributed by atoms with E-state index >= 15 is 0 Å². The Balaban J connectivity index is 1.64. The summed E-state index contributed by atoms with van der Waals surface area (Å²) >= 11 is 0. The minimum atomic E-state index is 0.302. The van der Waals surface area contributed by atoms with Crippen LogP contribution in [0.4, 0.5) is 0 Å². The van der Waals surface area contributed by atoms with E-state index in [4.69, 9.17) is 4.74 Å². The monoisotopic (exact) mass is 274 g/mol. The molecule has 1 atom stereocenters.